The molecule has 0 radical (unpaired) electrons. The van der Waals surface area contributed by atoms with E-state index in [0.717, 1.165) is 11.3 Å². The lowest BCUT2D eigenvalue weighted by atomic mass is 10.1. The molecule has 6 nitrogen and oxygen atoms in total. The topological polar surface area (TPSA) is 78.0 Å². The molecule has 3 aromatic rings. The number of aromatic nitrogens is 3. The van der Waals surface area contributed by atoms with Crippen molar-refractivity contribution in [2.45, 2.75) is 6.42 Å². The maximum absolute atomic E-state index is 9.51. The van der Waals surface area contributed by atoms with Gasteiger partial charge in [-0.05, 0) is 48.4 Å². The van der Waals surface area contributed by atoms with E-state index in [4.69, 9.17) is 16.9 Å². The van der Waals surface area contributed by atoms with Gasteiger partial charge in [-0.15, -0.1) is 10.2 Å². The van der Waals surface area contributed by atoms with Gasteiger partial charge in [0.15, 0.2) is 0 Å². The van der Waals surface area contributed by atoms with Gasteiger partial charge in [0.2, 0.25) is 0 Å². The number of benzene rings is 2. The number of hydrogen-bond donors (Lipinski definition) is 1. The molecule has 0 amide bonds. The standard InChI is InChI=1S/C17H14ClN5O/c18-16-9-13(3-6-17(16)24)7-8-23(22-11-20-21-12-22)15-4-1-14(10-19)2-5-15/h1-6,9,11-12,24H,7-8H2. The van der Waals surface area contributed by atoms with Crippen LogP contribution in [0.2, 0.25) is 5.02 Å². The summed E-state index contributed by atoms with van der Waals surface area (Å²) in [4.78, 5) is 0. The highest BCUT2D eigenvalue weighted by Crippen LogP contribution is 2.24. The molecule has 0 unspecified atom stereocenters. The van der Waals surface area contributed by atoms with Crippen molar-refractivity contribution in [3.8, 4) is 11.8 Å². The van der Waals surface area contributed by atoms with Crippen molar-refractivity contribution in [1.29, 1.82) is 5.26 Å². The van der Waals surface area contributed by atoms with Crippen LogP contribution in [0.4, 0.5) is 5.69 Å². The third-order valence-corrected chi connectivity index (χ3v) is 3.91. The fraction of sp³-hybridized carbons (Fsp3) is 0.118. The van der Waals surface area contributed by atoms with Crippen molar-refractivity contribution in [3.63, 3.8) is 0 Å². The number of halogens is 1. The van der Waals surface area contributed by atoms with Gasteiger partial charge >= 0.3 is 0 Å². The van der Waals surface area contributed by atoms with E-state index in [2.05, 4.69) is 16.3 Å². The van der Waals surface area contributed by atoms with E-state index >= 15 is 0 Å². The largest absolute Gasteiger partial charge is 0.506 e. The van der Waals surface area contributed by atoms with Gasteiger partial charge in [-0.3, -0.25) is 5.01 Å². The molecule has 0 atom stereocenters. The van der Waals surface area contributed by atoms with Crippen LogP contribution in [0.25, 0.3) is 0 Å². The summed E-state index contributed by atoms with van der Waals surface area (Å²) in [6.07, 6.45) is 3.93. The molecule has 0 fully saturated rings. The highest BCUT2D eigenvalue weighted by molar-refractivity contribution is 6.32. The third kappa shape index (κ3) is 3.47. The van der Waals surface area contributed by atoms with Crippen LogP contribution >= 0.6 is 11.6 Å². The minimum absolute atomic E-state index is 0.0724. The molecule has 0 aliphatic heterocycles. The smallest absolute Gasteiger partial charge is 0.139 e. The molecule has 0 aliphatic carbocycles. The first kappa shape index (κ1) is 15.8. The molecule has 7 heteroatoms. The summed E-state index contributed by atoms with van der Waals surface area (Å²) in [6, 6.07) is 14.6. The Bertz CT molecular complexity index is 856. The van der Waals surface area contributed by atoms with E-state index in [-0.39, 0.29) is 5.75 Å². The number of rotatable bonds is 5. The summed E-state index contributed by atoms with van der Waals surface area (Å²) in [5, 5.41) is 28.5. The zero-order chi connectivity index (χ0) is 16.9. The van der Waals surface area contributed by atoms with Crippen LogP contribution in [0.5, 0.6) is 5.75 Å². The molecule has 1 aromatic heterocycles. The Morgan fingerprint density at radius 2 is 1.83 bits per heavy atom. The molecule has 0 saturated heterocycles. The van der Waals surface area contributed by atoms with Gasteiger partial charge in [0.25, 0.3) is 0 Å². The average molecular weight is 340 g/mol. The maximum Gasteiger partial charge on any atom is 0.139 e. The second-order valence-corrected chi connectivity index (χ2v) is 5.57. The molecular weight excluding hydrogens is 326 g/mol. The number of aromatic hydroxyl groups is 1. The highest BCUT2D eigenvalue weighted by Gasteiger charge is 2.10. The van der Waals surface area contributed by atoms with Gasteiger partial charge in [-0.1, -0.05) is 17.7 Å². The maximum atomic E-state index is 9.51. The second kappa shape index (κ2) is 7.02. The summed E-state index contributed by atoms with van der Waals surface area (Å²) in [5.41, 5.74) is 2.52. The Hall–Kier alpha value is -3.04. The van der Waals surface area contributed by atoms with Crippen molar-refractivity contribution < 1.29 is 5.11 Å². The quantitative estimate of drug-likeness (QED) is 0.773. The monoisotopic (exact) mass is 339 g/mol. The predicted octanol–water partition coefficient (Wildman–Crippen LogP) is 3.02. The number of hydrogen-bond acceptors (Lipinski definition) is 5. The summed E-state index contributed by atoms with van der Waals surface area (Å²) in [5.74, 6) is 0.0724. The van der Waals surface area contributed by atoms with Crippen molar-refractivity contribution in [1.82, 2.24) is 14.9 Å². The Balaban J connectivity index is 1.82. The Kier molecular flexibility index (Phi) is 4.64. The second-order valence-electron chi connectivity index (χ2n) is 5.16. The summed E-state index contributed by atoms with van der Waals surface area (Å²) in [6.45, 7) is 0.644. The van der Waals surface area contributed by atoms with Gasteiger partial charge in [0, 0.05) is 6.54 Å². The van der Waals surface area contributed by atoms with Gasteiger partial charge in [-0.25, -0.2) is 4.68 Å². The van der Waals surface area contributed by atoms with Crippen LogP contribution in [0.15, 0.2) is 55.1 Å². The predicted molar refractivity (Wildman–Crippen MR) is 90.7 cm³/mol. The minimum Gasteiger partial charge on any atom is -0.506 e. The number of nitrogens with zero attached hydrogens (tertiary/aromatic N) is 5. The molecule has 2 aromatic carbocycles. The first-order valence-electron chi connectivity index (χ1n) is 7.27. The van der Waals surface area contributed by atoms with Gasteiger partial charge in [0.05, 0.1) is 22.3 Å². The van der Waals surface area contributed by atoms with E-state index in [1.54, 1.807) is 41.6 Å². The Labute approximate surface area is 144 Å². The number of nitriles is 1. The zero-order valence-electron chi connectivity index (χ0n) is 12.7. The molecule has 1 heterocycles. The zero-order valence-corrected chi connectivity index (χ0v) is 13.4. The summed E-state index contributed by atoms with van der Waals surface area (Å²) < 4.78 is 1.78. The van der Waals surface area contributed by atoms with E-state index in [1.165, 1.54) is 0 Å². The molecule has 0 bridgehead atoms. The SMILES string of the molecule is N#Cc1ccc(N(CCc2ccc(O)c(Cl)c2)n2cnnc2)cc1. The van der Waals surface area contributed by atoms with Crippen molar-refractivity contribution in [3.05, 3.63) is 71.3 Å². The minimum atomic E-state index is 0.0724. The lowest BCUT2D eigenvalue weighted by molar-refractivity contribution is 0.475. The number of phenols is 1. The normalized spacial score (nSPS) is 10.3. The fourth-order valence-corrected chi connectivity index (χ4v) is 2.55. The lowest BCUT2D eigenvalue weighted by Gasteiger charge is -2.25. The third-order valence-electron chi connectivity index (χ3n) is 3.60. The first-order valence-corrected chi connectivity index (χ1v) is 7.65. The van der Waals surface area contributed by atoms with E-state index < -0.39 is 0 Å². The van der Waals surface area contributed by atoms with Crippen LogP contribution in [-0.2, 0) is 6.42 Å². The van der Waals surface area contributed by atoms with Gasteiger partial charge in [-0.2, -0.15) is 5.26 Å². The molecule has 0 aliphatic rings. The van der Waals surface area contributed by atoms with E-state index in [9.17, 15) is 5.11 Å². The summed E-state index contributed by atoms with van der Waals surface area (Å²) >= 11 is 5.96. The first-order chi connectivity index (χ1) is 11.7. The Morgan fingerprint density at radius 1 is 1.12 bits per heavy atom. The number of anilines is 1. The molecule has 0 saturated carbocycles. The molecule has 0 spiro atoms. The molecule has 24 heavy (non-hydrogen) atoms. The van der Waals surface area contributed by atoms with Gasteiger partial charge in [0.1, 0.15) is 18.4 Å². The van der Waals surface area contributed by atoms with Crippen LogP contribution in [-0.4, -0.2) is 26.5 Å². The van der Waals surface area contributed by atoms with Crippen molar-refractivity contribution in [2.75, 3.05) is 11.6 Å². The average Bonchev–Trinajstić information content (AvgIpc) is 3.13. The van der Waals surface area contributed by atoms with Crippen LogP contribution in [0.3, 0.4) is 0 Å². The lowest BCUT2D eigenvalue weighted by Crippen LogP contribution is -2.30. The van der Waals surface area contributed by atoms with Crippen molar-refractivity contribution >= 4 is 17.3 Å². The van der Waals surface area contributed by atoms with Crippen LogP contribution < -0.4 is 5.01 Å². The van der Waals surface area contributed by atoms with Crippen molar-refractivity contribution in [2.24, 2.45) is 0 Å². The van der Waals surface area contributed by atoms with E-state index in [0.29, 0.717) is 23.6 Å². The fourth-order valence-electron chi connectivity index (χ4n) is 2.35. The van der Waals surface area contributed by atoms with Gasteiger partial charge < -0.3 is 5.11 Å². The molecule has 3 rings (SSSR count). The molecule has 1 N–H and O–H groups in total. The molecule has 120 valence electrons. The number of phenolic OH excluding ortho intramolecular Hbond substituents is 1. The molecular formula is C17H14ClN5O. The Morgan fingerprint density at radius 3 is 2.46 bits per heavy atom. The van der Waals surface area contributed by atoms with Crippen LogP contribution in [0, 0.1) is 11.3 Å². The highest BCUT2D eigenvalue weighted by atomic mass is 35.5. The summed E-state index contributed by atoms with van der Waals surface area (Å²) in [7, 11) is 0. The van der Waals surface area contributed by atoms with Crippen LogP contribution in [0.1, 0.15) is 11.1 Å². The van der Waals surface area contributed by atoms with E-state index in [1.807, 2.05) is 23.2 Å².